The Morgan fingerprint density at radius 2 is 1.76 bits per heavy atom. The number of phenols is 1. The number of halogens is 1. The van der Waals surface area contributed by atoms with Crippen molar-refractivity contribution in [3.63, 3.8) is 0 Å². The summed E-state index contributed by atoms with van der Waals surface area (Å²) in [4.78, 5) is 28.1. The van der Waals surface area contributed by atoms with E-state index in [1.165, 1.54) is 12.3 Å². The summed E-state index contributed by atoms with van der Waals surface area (Å²) in [5.41, 5.74) is 4.20. The van der Waals surface area contributed by atoms with Gasteiger partial charge in [0.05, 0.1) is 24.6 Å². The summed E-state index contributed by atoms with van der Waals surface area (Å²) < 4.78 is 5.77. The predicted molar refractivity (Wildman–Crippen MR) is 180 cm³/mol. The van der Waals surface area contributed by atoms with Gasteiger partial charge in [0.15, 0.2) is 12.1 Å². The van der Waals surface area contributed by atoms with Gasteiger partial charge in [-0.15, -0.1) is 0 Å². The number of hydrogen-bond acceptors (Lipinski definition) is 10. The number of aromatic nitrogens is 2. The normalized spacial score (nSPS) is 16.4. The van der Waals surface area contributed by atoms with Crippen LogP contribution in [0.15, 0.2) is 66.9 Å². The lowest BCUT2D eigenvalue weighted by atomic mass is 9.99. The minimum Gasteiger partial charge on any atom is -0.507 e. The number of carbonyl (C=O) groups is 1. The van der Waals surface area contributed by atoms with Crippen LogP contribution in [-0.2, 0) is 0 Å². The summed E-state index contributed by atoms with van der Waals surface area (Å²) in [6, 6.07) is 19.3. The number of hydrogen-bond donors (Lipinski definition) is 3. The Kier molecular flexibility index (Phi) is 9.34. The van der Waals surface area contributed by atoms with Gasteiger partial charge in [0.1, 0.15) is 16.5 Å². The molecule has 0 radical (unpaired) electrons. The SMILES string of the molecule is COc1cc(N2CCC(N3CCN(C)CC3)CC2)ccc1Nc1ncc(Cl)c(Nc2cccc(-c3cccc(O)c3C=O)c2)n1. The number of benzene rings is 3. The van der Waals surface area contributed by atoms with Gasteiger partial charge < -0.3 is 30.3 Å². The van der Waals surface area contributed by atoms with Crippen molar-refractivity contribution >= 4 is 46.7 Å². The van der Waals surface area contributed by atoms with Gasteiger partial charge in [-0.3, -0.25) is 9.69 Å². The second-order valence-corrected chi connectivity index (χ2v) is 11.9. The summed E-state index contributed by atoms with van der Waals surface area (Å²) >= 11 is 6.48. The van der Waals surface area contributed by atoms with Crippen LogP contribution in [0.3, 0.4) is 0 Å². The van der Waals surface area contributed by atoms with E-state index in [-0.39, 0.29) is 11.3 Å². The number of likely N-dealkylation sites (N-methyl/N-ethyl adjacent to an activating group) is 1. The Balaban J connectivity index is 1.14. The van der Waals surface area contributed by atoms with Gasteiger partial charge in [0, 0.05) is 62.8 Å². The second-order valence-electron chi connectivity index (χ2n) is 11.5. The number of anilines is 5. The maximum absolute atomic E-state index is 11.6. The molecule has 0 bridgehead atoms. The van der Waals surface area contributed by atoms with Gasteiger partial charge in [-0.1, -0.05) is 35.9 Å². The number of piperidine rings is 1. The van der Waals surface area contributed by atoms with Crippen LogP contribution < -0.4 is 20.3 Å². The van der Waals surface area contributed by atoms with Crippen LogP contribution in [0, 0.1) is 0 Å². The van der Waals surface area contributed by atoms with Crippen molar-refractivity contribution in [2.24, 2.45) is 0 Å². The van der Waals surface area contributed by atoms with E-state index in [1.807, 2.05) is 30.3 Å². The van der Waals surface area contributed by atoms with Gasteiger partial charge in [-0.05, 0) is 61.3 Å². The molecule has 11 heteroatoms. The Labute approximate surface area is 268 Å². The second kappa shape index (κ2) is 13.7. The first-order valence-electron chi connectivity index (χ1n) is 15.2. The molecular weight excluding hydrogens is 590 g/mol. The number of methoxy groups -OCH3 is 1. The molecule has 234 valence electrons. The molecule has 2 fully saturated rings. The van der Waals surface area contributed by atoms with Gasteiger partial charge in [-0.2, -0.15) is 4.98 Å². The van der Waals surface area contributed by atoms with E-state index in [9.17, 15) is 9.90 Å². The van der Waals surface area contributed by atoms with Crippen LogP contribution in [0.1, 0.15) is 23.2 Å². The van der Waals surface area contributed by atoms with Crippen LogP contribution in [0.4, 0.5) is 28.8 Å². The van der Waals surface area contributed by atoms with Crippen molar-refractivity contribution < 1.29 is 14.6 Å². The Morgan fingerprint density at radius 1 is 0.978 bits per heavy atom. The highest BCUT2D eigenvalue weighted by molar-refractivity contribution is 6.32. The molecule has 10 nitrogen and oxygen atoms in total. The number of piperazine rings is 1. The molecule has 4 aromatic rings. The summed E-state index contributed by atoms with van der Waals surface area (Å²) in [6.45, 7) is 6.66. The fourth-order valence-corrected chi connectivity index (χ4v) is 6.26. The van der Waals surface area contributed by atoms with Crippen molar-refractivity contribution in [2.45, 2.75) is 18.9 Å². The molecule has 2 saturated heterocycles. The zero-order chi connectivity index (χ0) is 31.3. The Hall–Kier alpha value is -4.38. The maximum Gasteiger partial charge on any atom is 0.229 e. The van der Waals surface area contributed by atoms with Gasteiger partial charge in [0.2, 0.25) is 5.95 Å². The summed E-state index contributed by atoms with van der Waals surface area (Å²) in [7, 11) is 3.86. The third-order valence-corrected chi connectivity index (χ3v) is 8.97. The minimum atomic E-state index is -0.0651. The summed E-state index contributed by atoms with van der Waals surface area (Å²) in [6.07, 6.45) is 4.52. The number of aldehydes is 1. The number of phenolic OH excluding ortho intramolecular Hbond substituents is 1. The number of carbonyl (C=O) groups excluding carboxylic acids is 1. The largest absolute Gasteiger partial charge is 0.507 e. The summed E-state index contributed by atoms with van der Waals surface area (Å²) in [5.74, 6) is 1.40. The molecule has 0 unspecified atom stereocenters. The van der Waals surface area contributed by atoms with Crippen LogP contribution in [0.2, 0.25) is 5.02 Å². The highest BCUT2D eigenvalue weighted by Crippen LogP contribution is 2.35. The number of nitrogens with one attached hydrogen (secondary N) is 2. The average Bonchev–Trinajstić information content (AvgIpc) is 3.07. The molecular formula is C34H38ClN7O3. The van der Waals surface area contributed by atoms with Gasteiger partial charge in [-0.25, -0.2) is 4.98 Å². The van der Waals surface area contributed by atoms with E-state index >= 15 is 0 Å². The third-order valence-electron chi connectivity index (χ3n) is 8.70. The van der Waals surface area contributed by atoms with Crippen molar-refractivity contribution in [2.75, 3.05) is 69.0 Å². The van der Waals surface area contributed by atoms with E-state index in [4.69, 9.17) is 16.3 Å². The van der Waals surface area contributed by atoms with Gasteiger partial charge in [0.25, 0.3) is 0 Å². The smallest absolute Gasteiger partial charge is 0.229 e. The quantitative estimate of drug-likeness (QED) is 0.191. The highest BCUT2D eigenvalue weighted by Gasteiger charge is 2.27. The molecule has 0 atom stereocenters. The fourth-order valence-electron chi connectivity index (χ4n) is 6.12. The van der Waals surface area contributed by atoms with Crippen molar-refractivity contribution in [1.29, 1.82) is 0 Å². The topological polar surface area (TPSA) is 106 Å². The van der Waals surface area contributed by atoms with E-state index in [0.717, 1.165) is 69.0 Å². The molecule has 45 heavy (non-hydrogen) atoms. The molecule has 6 rings (SSSR count). The molecule has 0 spiro atoms. The van der Waals surface area contributed by atoms with E-state index in [0.29, 0.717) is 46.1 Å². The molecule has 0 amide bonds. The maximum atomic E-state index is 11.6. The first kappa shape index (κ1) is 30.6. The first-order valence-corrected chi connectivity index (χ1v) is 15.6. The zero-order valence-electron chi connectivity index (χ0n) is 25.5. The first-order chi connectivity index (χ1) is 21.9. The van der Waals surface area contributed by atoms with Crippen molar-refractivity contribution in [3.8, 4) is 22.6 Å². The van der Waals surface area contributed by atoms with Gasteiger partial charge >= 0.3 is 0 Å². The van der Waals surface area contributed by atoms with Crippen molar-refractivity contribution in [1.82, 2.24) is 19.8 Å². The summed E-state index contributed by atoms with van der Waals surface area (Å²) in [5, 5.41) is 17.0. The van der Waals surface area contributed by atoms with Crippen LogP contribution >= 0.6 is 11.6 Å². The van der Waals surface area contributed by atoms with Crippen LogP contribution in [0.25, 0.3) is 11.1 Å². The predicted octanol–water partition coefficient (Wildman–Crippen LogP) is 6.03. The lowest BCUT2D eigenvalue weighted by Crippen LogP contribution is -2.52. The lowest BCUT2D eigenvalue weighted by Gasteiger charge is -2.42. The van der Waals surface area contributed by atoms with Crippen LogP contribution in [-0.4, -0.2) is 90.6 Å². The van der Waals surface area contributed by atoms with E-state index in [2.05, 4.69) is 54.5 Å². The number of nitrogens with zero attached hydrogens (tertiary/aromatic N) is 5. The minimum absolute atomic E-state index is 0.0651. The average molecular weight is 628 g/mol. The van der Waals surface area contributed by atoms with Crippen LogP contribution in [0.5, 0.6) is 11.5 Å². The van der Waals surface area contributed by atoms with Crippen molar-refractivity contribution in [3.05, 3.63) is 77.4 Å². The molecule has 2 aliphatic rings. The molecule has 3 N–H and O–H groups in total. The Bertz CT molecular complexity index is 1650. The van der Waals surface area contributed by atoms with E-state index < -0.39 is 0 Å². The Morgan fingerprint density at radius 3 is 2.51 bits per heavy atom. The lowest BCUT2D eigenvalue weighted by molar-refractivity contribution is 0.0982. The number of ether oxygens (including phenoxy) is 1. The molecule has 0 aliphatic carbocycles. The molecule has 2 aliphatic heterocycles. The molecule has 1 aromatic heterocycles. The molecule has 0 saturated carbocycles. The monoisotopic (exact) mass is 627 g/mol. The molecule has 3 heterocycles. The standard InChI is InChI=1S/C34H38ClN7O3/c1-40-15-17-42(18-16-40)25-11-13-41(14-12-25)26-9-10-30(32(20-26)45-2)38-34-36-21-29(35)33(39-34)37-24-6-3-5-23(19-24)27-7-4-8-31(44)28(27)22-43/h3-10,19-22,25,44H,11-18H2,1-2H3,(H2,36,37,38,39). The molecule has 3 aromatic carbocycles. The van der Waals surface area contributed by atoms with E-state index in [1.54, 1.807) is 19.2 Å². The highest BCUT2D eigenvalue weighted by atomic mass is 35.5. The fraction of sp³-hybridized carbons (Fsp3) is 0.324. The third kappa shape index (κ3) is 6.98. The number of aromatic hydroxyl groups is 1. The number of rotatable bonds is 9. The zero-order valence-corrected chi connectivity index (χ0v) is 26.3.